The van der Waals surface area contributed by atoms with Crippen LogP contribution in [0.3, 0.4) is 0 Å². The highest BCUT2D eigenvalue weighted by Crippen LogP contribution is 2.22. The van der Waals surface area contributed by atoms with E-state index in [0.29, 0.717) is 5.69 Å². The van der Waals surface area contributed by atoms with Crippen LogP contribution >= 0.6 is 0 Å². The Hall–Kier alpha value is -2.41. The number of aryl methyl sites for hydroxylation is 2. The maximum atomic E-state index is 13.4. The molecule has 0 aliphatic heterocycles. The number of rotatable bonds is 6. The number of hydrogen-bond donors (Lipinski definition) is 3. The molecule has 1 amide bonds. The molecule has 0 radical (unpaired) electrons. The van der Waals surface area contributed by atoms with Crippen molar-refractivity contribution >= 4 is 11.6 Å². The Morgan fingerprint density at radius 3 is 2.78 bits per heavy atom. The molecule has 0 fully saturated rings. The summed E-state index contributed by atoms with van der Waals surface area (Å²) in [7, 11) is 1.42. The van der Waals surface area contributed by atoms with E-state index in [9.17, 15) is 9.18 Å². The van der Waals surface area contributed by atoms with Crippen molar-refractivity contribution in [3.05, 3.63) is 41.0 Å². The lowest BCUT2D eigenvalue weighted by Crippen LogP contribution is -2.30. The summed E-state index contributed by atoms with van der Waals surface area (Å²) in [5.41, 5.74) is 3.10. The molecule has 0 aliphatic rings. The van der Waals surface area contributed by atoms with Gasteiger partial charge >= 0.3 is 0 Å². The number of methoxy groups -OCH3 is 1. The van der Waals surface area contributed by atoms with Crippen LogP contribution in [0.1, 0.15) is 29.9 Å². The summed E-state index contributed by atoms with van der Waals surface area (Å²) < 4.78 is 18.4. The van der Waals surface area contributed by atoms with Gasteiger partial charge < -0.3 is 15.4 Å². The molecule has 0 saturated carbocycles. The lowest BCUT2D eigenvalue weighted by molar-refractivity contribution is -0.115. The van der Waals surface area contributed by atoms with Crippen LogP contribution in [0.4, 0.5) is 10.1 Å². The molecule has 0 unspecified atom stereocenters. The fourth-order valence-corrected chi connectivity index (χ4v) is 2.23. The molecule has 6 nitrogen and oxygen atoms in total. The molecule has 1 atom stereocenters. The van der Waals surface area contributed by atoms with Crippen molar-refractivity contribution in [2.24, 2.45) is 0 Å². The summed E-state index contributed by atoms with van der Waals surface area (Å²) in [5.74, 6) is -0.393. The van der Waals surface area contributed by atoms with Gasteiger partial charge in [-0.3, -0.25) is 9.89 Å². The van der Waals surface area contributed by atoms with Crippen molar-refractivity contribution in [1.82, 2.24) is 15.5 Å². The number of carbonyl (C=O) groups is 1. The zero-order valence-corrected chi connectivity index (χ0v) is 13.7. The number of nitrogens with zero attached hydrogens (tertiary/aromatic N) is 1. The smallest absolute Gasteiger partial charge is 0.238 e. The van der Waals surface area contributed by atoms with E-state index in [1.165, 1.54) is 13.2 Å². The van der Waals surface area contributed by atoms with Crippen molar-refractivity contribution in [3.8, 4) is 5.75 Å². The normalized spacial score (nSPS) is 12.0. The zero-order valence-electron chi connectivity index (χ0n) is 13.7. The lowest BCUT2D eigenvalue weighted by atomic mass is 10.1. The molecule has 1 aromatic carbocycles. The van der Waals surface area contributed by atoms with Crippen molar-refractivity contribution < 1.29 is 13.9 Å². The molecule has 2 rings (SSSR count). The number of benzene rings is 1. The van der Waals surface area contributed by atoms with E-state index in [1.54, 1.807) is 12.1 Å². The van der Waals surface area contributed by atoms with Gasteiger partial charge in [-0.05, 0) is 38.5 Å². The second-order valence-electron chi connectivity index (χ2n) is 5.35. The van der Waals surface area contributed by atoms with Gasteiger partial charge in [-0.2, -0.15) is 5.10 Å². The molecule has 1 heterocycles. The fourth-order valence-electron chi connectivity index (χ4n) is 2.23. The predicted octanol–water partition coefficient (Wildman–Crippen LogP) is 2.46. The summed E-state index contributed by atoms with van der Waals surface area (Å²) in [4.78, 5) is 12.0. The highest BCUT2D eigenvalue weighted by molar-refractivity contribution is 5.93. The molecule has 0 aliphatic carbocycles. The van der Waals surface area contributed by atoms with Gasteiger partial charge in [-0.25, -0.2) is 4.39 Å². The highest BCUT2D eigenvalue weighted by atomic mass is 19.1. The van der Waals surface area contributed by atoms with Crippen LogP contribution in [0.2, 0.25) is 0 Å². The van der Waals surface area contributed by atoms with Crippen LogP contribution in [0, 0.1) is 19.7 Å². The second-order valence-corrected chi connectivity index (χ2v) is 5.35. The monoisotopic (exact) mass is 320 g/mol. The zero-order chi connectivity index (χ0) is 17.0. The molecule has 0 bridgehead atoms. The molecule has 124 valence electrons. The first-order valence-corrected chi connectivity index (χ1v) is 7.30. The fraction of sp³-hybridized carbons (Fsp3) is 0.375. The van der Waals surface area contributed by atoms with Crippen molar-refractivity contribution in [2.75, 3.05) is 19.0 Å². The van der Waals surface area contributed by atoms with Crippen LogP contribution in [0.15, 0.2) is 18.2 Å². The van der Waals surface area contributed by atoms with E-state index >= 15 is 0 Å². The summed E-state index contributed by atoms with van der Waals surface area (Å²) >= 11 is 0. The van der Waals surface area contributed by atoms with Crippen LogP contribution in [0.25, 0.3) is 0 Å². The average Bonchev–Trinajstić information content (AvgIpc) is 2.85. The standard InChI is InChI=1S/C16H21FN4O2/c1-9(12-5-6-13(17)14(7-12)23-4)18-8-15(22)19-16-10(2)20-21-11(16)3/h5-7,9,18H,8H2,1-4H3,(H,19,22)(H,20,21)/t9-/m0/s1. The van der Waals surface area contributed by atoms with Gasteiger partial charge in [0.2, 0.25) is 5.91 Å². The van der Waals surface area contributed by atoms with Crippen LogP contribution < -0.4 is 15.4 Å². The molecule has 2 aromatic rings. The van der Waals surface area contributed by atoms with E-state index in [4.69, 9.17) is 4.74 Å². The van der Waals surface area contributed by atoms with Crippen LogP contribution in [-0.4, -0.2) is 29.8 Å². The Bertz CT molecular complexity index is 680. The first kappa shape index (κ1) is 17.0. The van der Waals surface area contributed by atoms with Gasteiger partial charge in [0.05, 0.1) is 30.7 Å². The van der Waals surface area contributed by atoms with E-state index in [-0.39, 0.29) is 24.2 Å². The third-order valence-electron chi connectivity index (χ3n) is 3.64. The minimum atomic E-state index is -0.410. The van der Waals surface area contributed by atoms with E-state index < -0.39 is 5.82 Å². The Kier molecular flexibility index (Phi) is 5.33. The molecule has 7 heteroatoms. The Morgan fingerprint density at radius 1 is 1.43 bits per heavy atom. The lowest BCUT2D eigenvalue weighted by Gasteiger charge is -2.15. The number of anilines is 1. The summed E-state index contributed by atoms with van der Waals surface area (Å²) in [6.07, 6.45) is 0. The van der Waals surface area contributed by atoms with Gasteiger partial charge in [0.15, 0.2) is 11.6 Å². The quantitative estimate of drug-likeness (QED) is 0.764. The first-order valence-electron chi connectivity index (χ1n) is 7.30. The number of nitrogens with one attached hydrogen (secondary N) is 3. The van der Waals surface area contributed by atoms with E-state index in [2.05, 4.69) is 20.8 Å². The molecule has 0 saturated heterocycles. The number of amides is 1. The van der Waals surface area contributed by atoms with Gasteiger partial charge in [0.1, 0.15) is 0 Å². The largest absolute Gasteiger partial charge is 0.494 e. The average molecular weight is 320 g/mol. The van der Waals surface area contributed by atoms with Gasteiger partial charge in [0, 0.05) is 6.04 Å². The number of hydrogen-bond acceptors (Lipinski definition) is 4. The van der Waals surface area contributed by atoms with Gasteiger partial charge in [0.25, 0.3) is 0 Å². The van der Waals surface area contributed by atoms with Gasteiger partial charge in [-0.1, -0.05) is 6.07 Å². The first-order chi connectivity index (χ1) is 10.9. The Morgan fingerprint density at radius 2 is 2.17 bits per heavy atom. The van der Waals surface area contributed by atoms with E-state index in [1.807, 2.05) is 20.8 Å². The number of carbonyl (C=O) groups excluding carboxylic acids is 1. The molecular weight excluding hydrogens is 299 g/mol. The minimum Gasteiger partial charge on any atom is -0.494 e. The van der Waals surface area contributed by atoms with Crippen LogP contribution in [-0.2, 0) is 4.79 Å². The maximum Gasteiger partial charge on any atom is 0.238 e. The second kappa shape index (κ2) is 7.23. The van der Waals surface area contributed by atoms with Crippen LogP contribution in [0.5, 0.6) is 5.75 Å². The minimum absolute atomic E-state index is 0.123. The molecule has 0 spiro atoms. The molecule has 23 heavy (non-hydrogen) atoms. The number of H-pyrrole nitrogens is 1. The topological polar surface area (TPSA) is 79.0 Å². The Labute approximate surface area is 134 Å². The number of aromatic amines is 1. The van der Waals surface area contributed by atoms with Crippen molar-refractivity contribution in [3.63, 3.8) is 0 Å². The number of ether oxygens (including phenoxy) is 1. The third kappa shape index (κ3) is 4.07. The molecule has 3 N–H and O–H groups in total. The summed E-state index contributed by atoms with van der Waals surface area (Å²) in [6, 6.07) is 4.51. The van der Waals surface area contributed by atoms with Gasteiger partial charge in [-0.15, -0.1) is 0 Å². The third-order valence-corrected chi connectivity index (χ3v) is 3.64. The molecular formula is C16H21FN4O2. The number of halogens is 1. The summed E-state index contributed by atoms with van der Waals surface area (Å²) in [5, 5.41) is 12.8. The van der Waals surface area contributed by atoms with Crippen molar-refractivity contribution in [1.29, 1.82) is 0 Å². The summed E-state index contributed by atoms with van der Waals surface area (Å²) in [6.45, 7) is 5.69. The van der Waals surface area contributed by atoms with E-state index in [0.717, 1.165) is 17.0 Å². The van der Waals surface area contributed by atoms with Crippen molar-refractivity contribution in [2.45, 2.75) is 26.8 Å². The predicted molar refractivity (Wildman–Crippen MR) is 86.1 cm³/mol. The Balaban J connectivity index is 1.93. The number of aromatic nitrogens is 2. The highest BCUT2D eigenvalue weighted by Gasteiger charge is 2.13. The maximum absolute atomic E-state index is 13.4. The SMILES string of the molecule is COc1cc([C@H](C)NCC(=O)Nc2c(C)n[nH]c2C)ccc1F. The molecule has 1 aromatic heterocycles.